The number of anilines is 2. The van der Waals surface area contributed by atoms with Crippen molar-refractivity contribution in [2.45, 2.75) is 30.2 Å². The average Bonchev–Trinajstić information content (AvgIpc) is 3.31. The summed E-state index contributed by atoms with van der Waals surface area (Å²) < 4.78 is 29.0. The normalized spacial score (nSPS) is 20.8. The van der Waals surface area contributed by atoms with E-state index in [0.717, 1.165) is 28.8 Å². The summed E-state index contributed by atoms with van der Waals surface area (Å²) in [4.78, 5) is 11.4. The third kappa shape index (κ3) is 4.06. The smallest absolute Gasteiger partial charge is 0.335 e. The van der Waals surface area contributed by atoms with Crippen molar-refractivity contribution in [3.05, 3.63) is 100 Å². The Kier molecular flexibility index (Phi) is 5.62. The number of carboxylic acid groups (broad SMARTS) is 1. The number of carboxylic acids is 1. The van der Waals surface area contributed by atoms with Gasteiger partial charge in [0.1, 0.15) is 0 Å². The molecule has 0 spiro atoms. The highest BCUT2D eigenvalue weighted by molar-refractivity contribution is 7.92. The zero-order valence-corrected chi connectivity index (χ0v) is 19.9. The lowest BCUT2D eigenvalue weighted by Gasteiger charge is -2.37. The first kappa shape index (κ1) is 22.5. The van der Waals surface area contributed by atoms with Crippen LogP contribution in [0.2, 0.25) is 5.02 Å². The van der Waals surface area contributed by atoms with E-state index in [9.17, 15) is 18.3 Å². The summed E-state index contributed by atoms with van der Waals surface area (Å²) in [7, 11) is -3.81. The van der Waals surface area contributed by atoms with E-state index in [4.69, 9.17) is 11.6 Å². The van der Waals surface area contributed by atoms with E-state index in [1.807, 2.05) is 19.1 Å². The van der Waals surface area contributed by atoms with Crippen LogP contribution in [-0.2, 0) is 10.0 Å². The predicted molar refractivity (Wildman–Crippen MR) is 133 cm³/mol. The highest BCUT2D eigenvalue weighted by Gasteiger charge is 2.38. The Morgan fingerprint density at radius 3 is 2.59 bits per heavy atom. The zero-order valence-electron chi connectivity index (χ0n) is 18.3. The molecule has 0 unspecified atom stereocenters. The van der Waals surface area contributed by atoms with Gasteiger partial charge in [0.25, 0.3) is 10.0 Å². The molecule has 3 atom stereocenters. The lowest BCUT2D eigenvalue weighted by molar-refractivity contribution is 0.0697. The first-order chi connectivity index (χ1) is 16.2. The predicted octanol–water partition coefficient (Wildman–Crippen LogP) is 5.97. The third-order valence-electron chi connectivity index (χ3n) is 6.61. The van der Waals surface area contributed by atoms with Crippen molar-refractivity contribution in [3.63, 3.8) is 0 Å². The average molecular weight is 495 g/mol. The summed E-state index contributed by atoms with van der Waals surface area (Å²) in [6, 6.07) is 17.1. The molecule has 0 radical (unpaired) electrons. The van der Waals surface area contributed by atoms with Crippen molar-refractivity contribution in [1.82, 2.24) is 0 Å². The third-order valence-corrected chi connectivity index (χ3v) is 8.20. The van der Waals surface area contributed by atoms with Crippen LogP contribution in [0.3, 0.4) is 0 Å². The molecule has 5 rings (SSSR count). The summed E-state index contributed by atoms with van der Waals surface area (Å²) >= 11 is 6.06. The number of rotatable bonds is 5. The quantitative estimate of drug-likeness (QED) is 0.379. The van der Waals surface area contributed by atoms with Gasteiger partial charge in [-0.05, 0) is 78.4 Å². The molecule has 8 heteroatoms. The maximum Gasteiger partial charge on any atom is 0.335 e. The Labute approximate surface area is 203 Å². The van der Waals surface area contributed by atoms with Gasteiger partial charge >= 0.3 is 5.97 Å². The molecule has 1 aliphatic carbocycles. The van der Waals surface area contributed by atoms with Crippen LogP contribution in [0.4, 0.5) is 11.4 Å². The molecule has 3 aromatic rings. The van der Waals surface area contributed by atoms with Gasteiger partial charge in [0.2, 0.25) is 0 Å². The van der Waals surface area contributed by atoms with E-state index in [1.54, 1.807) is 48.5 Å². The second-order valence-electron chi connectivity index (χ2n) is 8.72. The maximum atomic E-state index is 13.2. The number of nitrogens with one attached hydrogen (secondary N) is 2. The van der Waals surface area contributed by atoms with Gasteiger partial charge in [0.05, 0.1) is 22.2 Å². The van der Waals surface area contributed by atoms with Crippen LogP contribution in [0.25, 0.3) is 0 Å². The van der Waals surface area contributed by atoms with Gasteiger partial charge < -0.3 is 10.4 Å². The van der Waals surface area contributed by atoms with Gasteiger partial charge in [-0.25, -0.2) is 13.2 Å². The SMILES string of the molecule is Cc1ccc(Cl)cc1NS(=O)(=O)c1ccc2c(c1)[C@@H]1C=CC[C@@H]1[C@H](c1ccc(C(=O)O)cc1)N2. The van der Waals surface area contributed by atoms with Crippen LogP contribution >= 0.6 is 11.6 Å². The second kappa shape index (κ2) is 8.49. The molecule has 0 saturated heterocycles. The van der Waals surface area contributed by atoms with Gasteiger partial charge in [0.15, 0.2) is 0 Å². The summed E-state index contributed by atoms with van der Waals surface area (Å²) in [5.74, 6) is -0.697. The van der Waals surface area contributed by atoms with Gasteiger partial charge in [-0.15, -0.1) is 0 Å². The number of aryl methyl sites for hydroxylation is 1. The molecule has 0 aromatic heterocycles. The molecule has 1 aliphatic heterocycles. The highest BCUT2D eigenvalue weighted by Crippen LogP contribution is 2.50. The van der Waals surface area contributed by atoms with Crippen LogP contribution < -0.4 is 10.0 Å². The number of hydrogen-bond acceptors (Lipinski definition) is 4. The van der Waals surface area contributed by atoms with Crippen molar-refractivity contribution in [2.24, 2.45) is 5.92 Å². The molecule has 0 bridgehead atoms. The van der Waals surface area contributed by atoms with Gasteiger partial charge in [0, 0.05) is 16.6 Å². The van der Waals surface area contributed by atoms with Gasteiger partial charge in [-0.2, -0.15) is 0 Å². The van der Waals surface area contributed by atoms with Crippen molar-refractivity contribution >= 4 is 39.0 Å². The molecule has 0 fully saturated rings. The summed E-state index contributed by atoms with van der Waals surface area (Å²) in [6.45, 7) is 1.82. The highest BCUT2D eigenvalue weighted by atomic mass is 35.5. The van der Waals surface area contributed by atoms with Crippen molar-refractivity contribution in [2.75, 3.05) is 10.0 Å². The summed E-state index contributed by atoms with van der Waals surface area (Å²) in [5.41, 5.74) is 4.29. The van der Waals surface area contributed by atoms with E-state index in [1.165, 1.54) is 0 Å². The molecule has 0 saturated carbocycles. The second-order valence-corrected chi connectivity index (χ2v) is 10.8. The Morgan fingerprint density at radius 2 is 1.85 bits per heavy atom. The summed E-state index contributed by atoms with van der Waals surface area (Å²) in [5, 5.41) is 13.2. The minimum Gasteiger partial charge on any atom is -0.478 e. The van der Waals surface area contributed by atoms with Gasteiger partial charge in [-0.3, -0.25) is 4.72 Å². The molecule has 0 amide bonds. The molecule has 6 nitrogen and oxygen atoms in total. The Bertz CT molecular complexity index is 1420. The van der Waals surface area contributed by atoms with Crippen LogP contribution in [0, 0.1) is 12.8 Å². The fraction of sp³-hybridized carbons (Fsp3) is 0.192. The fourth-order valence-electron chi connectivity index (χ4n) is 4.81. The minimum atomic E-state index is -3.81. The van der Waals surface area contributed by atoms with Crippen molar-refractivity contribution in [3.8, 4) is 0 Å². The van der Waals surface area contributed by atoms with Crippen LogP contribution in [-0.4, -0.2) is 19.5 Å². The van der Waals surface area contributed by atoms with Crippen LogP contribution in [0.1, 0.15) is 45.4 Å². The van der Waals surface area contributed by atoms with E-state index in [0.29, 0.717) is 10.7 Å². The summed E-state index contributed by atoms with van der Waals surface area (Å²) in [6.07, 6.45) is 5.10. The van der Waals surface area contributed by atoms with E-state index in [2.05, 4.69) is 22.2 Å². The number of aromatic carboxylic acids is 1. The number of carbonyl (C=O) groups is 1. The van der Waals surface area contributed by atoms with Crippen LogP contribution in [0.5, 0.6) is 0 Å². The molecule has 174 valence electrons. The molecular weight excluding hydrogens is 472 g/mol. The van der Waals surface area contributed by atoms with Crippen LogP contribution in [0.15, 0.2) is 77.7 Å². The Balaban J connectivity index is 1.47. The minimum absolute atomic E-state index is 0.00922. The fourth-order valence-corrected chi connectivity index (χ4v) is 6.14. The Hall–Kier alpha value is -3.29. The van der Waals surface area contributed by atoms with E-state index >= 15 is 0 Å². The lowest BCUT2D eigenvalue weighted by Crippen LogP contribution is -2.29. The zero-order chi connectivity index (χ0) is 24.0. The monoisotopic (exact) mass is 494 g/mol. The number of hydrogen-bond donors (Lipinski definition) is 3. The lowest BCUT2D eigenvalue weighted by atomic mass is 9.77. The number of benzene rings is 3. The molecule has 34 heavy (non-hydrogen) atoms. The van der Waals surface area contributed by atoms with Crippen molar-refractivity contribution < 1.29 is 18.3 Å². The topological polar surface area (TPSA) is 95.5 Å². The maximum absolute atomic E-state index is 13.2. The molecule has 3 aromatic carbocycles. The number of fused-ring (bicyclic) bond motifs is 3. The first-order valence-corrected chi connectivity index (χ1v) is 12.8. The number of halogens is 1. The number of sulfonamides is 1. The first-order valence-electron chi connectivity index (χ1n) is 10.9. The van der Waals surface area contributed by atoms with E-state index < -0.39 is 16.0 Å². The number of allylic oxidation sites excluding steroid dienone is 2. The largest absolute Gasteiger partial charge is 0.478 e. The van der Waals surface area contributed by atoms with Crippen molar-refractivity contribution in [1.29, 1.82) is 0 Å². The van der Waals surface area contributed by atoms with E-state index in [-0.39, 0.29) is 28.3 Å². The Morgan fingerprint density at radius 1 is 1.09 bits per heavy atom. The standard InChI is InChI=1S/C26H23ClN2O4S/c1-15-5-10-18(27)13-24(15)29-34(32,33)19-11-12-23-22(14-19)20-3-2-4-21(20)25(28-23)16-6-8-17(9-7-16)26(30)31/h2-3,5-14,20-21,25,28-29H,4H2,1H3,(H,30,31)/t20-,21+,25+/m1/s1. The van der Waals surface area contributed by atoms with Gasteiger partial charge in [-0.1, -0.05) is 42.0 Å². The molecular formula is C26H23ClN2O4S. The molecule has 2 aliphatic rings. The molecule has 3 N–H and O–H groups in total. The molecule has 1 heterocycles.